The van der Waals surface area contributed by atoms with Gasteiger partial charge in [-0.2, -0.15) is 5.26 Å². The van der Waals surface area contributed by atoms with E-state index >= 15 is 0 Å². The average molecular weight is 329 g/mol. The van der Waals surface area contributed by atoms with Gasteiger partial charge in [-0.1, -0.05) is 18.2 Å². The summed E-state index contributed by atoms with van der Waals surface area (Å²) >= 11 is 0. The van der Waals surface area contributed by atoms with E-state index < -0.39 is 35.1 Å². The molecule has 122 valence electrons. The Morgan fingerprint density at radius 3 is 2.54 bits per heavy atom. The Morgan fingerprint density at radius 1 is 1.21 bits per heavy atom. The van der Waals surface area contributed by atoms with Gasteiger partial charge in [-0.05, 0) is 23.8 Å². The Hall–Kier alpha value is -3.27. The van der Waals surface area contributed by atoms with Crippen LogP contribution < -0.4 is 11.1 Å². The highest BCUT2D eigenvalue weighted by Crippen LogP contribution is 2.12. The minimum Gasteiger partial charge on any atom is -0.368 e. The van der Waals surface area contributed by atoms with E-state index in [4.69, 9.17) is 11.0 Å². The van der Waals surface area contributed by atoms with Gasteiger partial charge in [-0.25, -0.2) is 8.78 Å². The fourth-order valence-corrected chi connectivity index (χ4v) is 2.16. The third-order valence-corrected chi connectivity index (χ3v) is 3.39. The van der Waals surface area contributed by atoms with Crippen molar-refractivity contribution in [3.8, 4) is 6.07 Å². The molecule has 0 spiro atoms. The summed E-state index contributed by atoms with van der Waals surface area (Å²) in [6.45, 7) is 0. The quantitative estimate of drug-likeness (QED) is 0.873. The molecule has 0 heterocycles. The molecule has 1 atom stereocenters. The lowest BCUT2D eigenvalue weighted by atomic mass is 10.00. The molecule has 0 aliphatic heterocycles. The molecule has 5 nitrogen and oxygen atoms in total. The summed E-state index contributed by atoms with van der Waals surface area (Å²) in [7, 11) is 0. The maximum atomic E-state index is 13.6. The number of halogens is 2. The number of hydrogen-bond donors (Lipinski definition) is 2. The summed E-state index contributed by atoms with van der Waals surface area (Å²) in [5.74, 6) is -3.60. The molecule has 2 rings (SSSR count). The SMILES string of the molecule is N#Cc1ccccc1C[C@H](NC(=O)c1ccc(F)cc1F)C(N)=O. The molecule has 0 saturated carbocycles. The zero-order valence-corrected chi connectivity index (χ0v) is 12.4. The first-order chi connectivity index (χ1) is 11.4. The molecule has 0 radical (unpaired) electrons. The Morgan fingerprint density at radius 2 is 1.92 bits per heavy atom. The van der Waals surface area contributed by atoms with Crippen molar-refractivity contribution in [3.05, 3.63) is 70.8 Å². The summed E-state index contributed by atoms with van der Waals surface area (Å²) in [6, 6.07) is 9.83. The van der Waals surface area contributed by atoms with Crippen LogP contribution >= 0.6 is 0 Å². The molecule has 7 heteroatoms. The minimum atomic E-state index is -1.14. The van der Waals surface area contributed by atoms with Crippen LogP contribution in [0.3, 0.4) is 0 Å². The summed E-state index contributed by atoms with van der Waals surface area (Å²) in [4.78, 5) is 23.7. The number of nitrogens with zero attached hydrogens (tertiary/aromatic N) is 1. The van der Waals surface area contributed by atoms with E-state index in [1.54, 1.807) is 24.3 Å². The van der Waals surface area contributed by atoms with Crippen LogP contribution in [0.1, 0.15) is 21.5 Å². The number of primary amides is 1. The number of carbonyl (C=O) groups excluding carboxylic acids is 2. The monoisotopic (exact) mass is 329 g/mol. The first-order valence-corrected chi connectivity index (χ1v) is 6.95. The van der Waals surface area contributed by atoms with Crippen LogP contribution in [0.5, 0.6) is 0 Å². The second kappa shape index (κ2) is 7.33. The molecule has 0 aromatic heterocycles. The summed E-state index contributed by atoms with van der Waals surface area (Å²) in [6.07, 6.45) is -0.0202. The van der Waals surface area contributed by atoms with Gasteiger partial charge in [0.05, 0.1) is 17.2 Å². The molecule has 2 aromatic carbocycles. The lowest BCUT2D eigenvalue weighted by molar-refractivity contribution is -0.119. The molecule has 0 unspecified atom stereocenters. The molecule has 0 aliphatic carbocycles. The highest BCUT2D eigenvalue weighted by atomic mass is 19.1. The molecule has 2 amide bonds. The predicted molar refractivity (Wildman–Crippen MR) is 81.7 cm³/mol. The third-order valence-electron chi connectivity index (χ3n) is 3.39. The van der Waals surface area contributed by atoms with Crippen molar-refractivity contribution in [1.82, 2.24) is 5.32 Å². The van der Waals surface area contributed by atoms with Gasteiger partial charge < -0.3 is 11.1 Å². The molecule has 0 bridgehead atoms. The maximum absolute atomic E-state index is 13.6. The smallest absolute Gasteiger partial charge is 0.254 e. The summed E-state index contributed by atoms with van der Waals surface area (Å²) in [5.41, 5.74) is 5.72. The predicted octanol–water partition coefficient (Wildman–Crippen LogP) is 1.66. The number of carbonyl (C=O) groups is 2. The molecule has 0 fully saturated rings. The van der Waals surface area contributed by atoms with Crippen molar-refractivity contribution in [1.29, 1.82) is 5.26 Å². The van der Waals surface area contributed by atoms with Crippen molar-refractivity contribution in [2.45, 2.75) is 12.5 Å². The minimum absolute atomic E-state index is 0.0202. The van der Waals surface area contributed by atoms with Gasteiger partial charge in [0.2, 0.25) is 5.91 Å². The zero-order chi connectivity index (χ0) is 17.7. The van der Waals surface area contributed by atoms with E-state index in [1.165, 1.54) is 0 Å². The first-order valence-electron chi connectivity index (χ1n) is 6.95. The Balaban J connectivity index is 2.21. The first kappa shape index (κ1) is 17.1. The summed E-state index contributed by atoms with van der Waals surface area (Å²) < 4.78 is 26.5. The second-order valence-corrected chi connectivity index (χ2v) is 5.03. The van der Waals surface area contributed by atoms with E-state index in [-0.39, 0.29) is 6.42 Å². The number of benzene rings is 2. The van der Waals surface area contributed by atoms with Crippen molar-refractivity contribution in [2.75, 3.05) is 0 Å². The summed E-state index contributed by atoms with van der Waals surface area (Å²) in [5, 5.41) is 11.4. The zero-order valence-electron chi connectivity index (χ0n) is 12.4. The van der Waals surface area contributed by atoms with Gasteiger partial charge in [-0.15, -0.1) is 0 Å². The lowest BCUT2D eigenvalue weighted by Gasteiger charge is -2.16. The van der Waals surface area contributed by atoms with Crippen LogP contribution in [-0.4, -0.2) is 17.9 Å². The number of nitrogens with one attached hydrogen (secondary N) is 1. The van der Waals surface area contributed by atoms with Crippen molar-refractivity contribution < 1.29 is 18.4 Å². The highest BCUT2D eigenvalue weighted by Gasteiger charge is 2.22. The van der Waals surface area contributed by atoms with Crippen LogP contribution in [0.4, 0.5) is 8.78 Å². The molecule has 2 aromatic rings. The molecule has 24 heavy (non-hydrogen) atoms. The van der Waals surface area contributed by atoms with Crippen LogP contribution in [0, 0.1) is 23.0 Å². The van der Waals surface area contributed by atoms with Gasteiger partial charge in [0, 0.05) is 12.5 Å². The van der Waals surface area contributed by atoms with E-state index in [0.29, 0.717) is 17.2 Å². The van der Waals surface area contributed by atoms with E-state index in [0.717, 1.165) is 12.1 Å². The van der Waals surface area contributed by atoms with Crippen LogP contribution in [0.2, 0.25) is 0 Å². The normalized spacial score (nSPS) is 11.4. The number of hydrogen-bond acceptors (Lipinski definition) is 3. The highest BCUT2D eigenvalue weighted by molar-refractivity contribution is 5.97. The van der Waals surface area contributed by atoms with Gasteiger partial charge in [-0.3, -0.25) is 9.59 Å². The number of nitrogens with two attached hydrogens (primary N) is 1. The van der Waals surface area contributed by atoms with Gasteiger partial charge in [0.25, 0.3) is 5.91 Å². The lowest BCUT2D eigenvalue weighted by Crippen LogP contribution is -2.46. The molecular formula is C17H13F2N3O2. The second-order valence-electron chi connectivity index (χ2n) is 5.03. The molecule has 0 saturated heterocycles. The molecular weight excluding hydrogens is 316 g/mol. The number of nitriles is 1. The maximum Gasteiger partial charge on any atom is 0.254 e. The van der Waals surface area contributed by atoms with Crippen molar-refractivity contribution >= 4 is 11.8 Å². The largest absolute Gasteiger partial charge is 0.368 e. The average Bonchev–Trinajstić information content (AvgIpc) is 2.54. The van der Waals surface area contributed by atoms with E-state index in [1.807, 2.05) is 6.07 Å². The molecule has 3 N–H and O–H groups in total. The van der Waals surface area contributed by atoms with Gasteiger partial charge >= 0.3 is 0 Å². The van der Waals surface area contributed by atoms with Crippen LogP contribution in [-0.2, 0) is 11.2 Å². The van der Waals surface area contributed by atoms with Crippen LogP contribution in [0.15, 0.2) is 42.5 Å². The standard InChI is InChI=1S/C17H13F2N3O2/c18-12-5-6-13(14(19)8-12)17(24)22-15(16(21)23)7-10-3-1-2-4-11(10)9-20/h1-6,8,15H,7H2,(H2,21,23)(H,22,24)/t15-/m0/s1. The Bertz CT molecular complexity index is 831. The van der Waals surface area contributed by atoms with Gasteiger partial charge in [0.15, 0.2) is 0 Å². The van der Waals surface area contributed by atoms with E-state index in [2.05, 4.69) is 5.32 Å². The Labute approximate surface area is 136 Å². The molecule has 0 aliphatic rings. The van der Waals surface area contributed by atoms with Crippen molar-refractivity contribution in [3.63, 3.8) is 0 Å². The number of rotatable bonds is 5. The number of amides is 2. The topological polar surface area (TPSA) is 96.0 Å². The van der Waals surface area contributed by atoms with Crippen LogP contribution in [0.25, 0.3) is 0 Å². The third kappa shape index (κ3) is 3.93. The fraction of sp³-hybridized carbons (Fsp3) is 0.118. The fourth-order valence-electron chi connectivity index (χ4n) is 2.16. The van der Waals surface area contributed by atoms with E-state index in [9.17, 15) is 18.4 Å². The van der Waals surface area contributed by atoms with Gasteiger partial charge in [0.1, 0.15) is 17.7 Å². The van der Waals surface area contributed by atoms with Crippen molar-refractivity contribution in [2.24, 2.45) is 5.73 Å². The Kier molecular flexibility index (Phi) is 5.22.